The molecule has 1 unspecified atom stereocenters. The van der Waals surface area contributed by atoms with Crippen LogP contribution in [-0.4, -0.2) is 27.0 Å². The zero-order chi connectivity index (χ0) is 12.3. The van der Waals surface area contributed by atoms with Gasteiger partial charge in [0.2, 0.25) is 0 Å². The highest BCUT2D eigenvalue weighted by molar-refractivity contribution is 5.41. The number of hydrogen-bond donors (Lipinski definition) is 2. The van der Waals surface area contributed by atoms with Crippen LogP contribution in [0.3, 0.4) is 0 Å². The van der Waals surface area contributed by atoms with Gasteiger partial charge in [-0.25, -0.2) is 4.68 Å². The molecule has 0 aliphatic carbocycles. The Morgan fingerprint density at radius 1 is 1.35 bits per heavy atom. The van der Waals surface area contributed by atoms with E-state index in [9.17, 15) is 5.11 Å². The quantitative estimate of drug-likeness (QED) is 0.829. The third-order valence-corrected chi connectivity index (χ3v) is 2.70. The summed E-state index contributed by atoms with van der Waals surface area (Å²) in [4.78, 5) is 0. The van der Waals surface area contributed by atoms with Gasteiger partial charge in [0.05, 0.1) is 12.3 Å². The lowest BCUT2D eigenvalue weighted by Crippen LogP contribution is -2.42. The van der Waals surface area contributed by atoms with Gasteiger partial charge in [0.1, 0.15) is 0 Å². The van der Waals surface area contributed by atoms with Crippen molar-refractivity contribution < 1.29 is 5.11 Å². The van der Waals surface area contributed by atoms with Crippen molar-refractivity contribution in [2.45, 2.75) is 18.9 Å². The van der Waals surface area contributed by atoms with Crippen LogP contribution in [0.1, 0.15) is 12.5 Å². The molecule has 4 heteroatoms. The molecule has 0 radical (unpaired) electrons. The van der Waals surface area contributed by atoms with Crippen LogP contribution in [0, 0.1) is 0 Å². The second kappa shape index (κ2) is 4.69. The van der Waals surface area contributed by atoms with E-state index in [0.717, 1.165) is 11.3 Å². The van der Waals surface area contributed by atoms with Crippen molar-refractivity contribution in [2.75, 3.05) is 6.61 Å². The van der Waals surface area contributed by atoms with Gasteiger partial charge < -0.3 is 10.8 Å². The summed E-state index contributed by atoms with van der Waals surface area (Å²) in [5.41, 5.74) is 7.46. The van der Waals surface area contributed by atoms with Crippen molar-refractivity contribution in [3.63, 3.8) is 0 Å². The molecule has 1 aromatic carbocycles. The van der Waals surface area contributed by atoms with E-state index in [1.807, 2.05) is 48.1 Å². The van der Waals surface area contributed by atoms with E-state index >= 15 is 0 Å². The Morgan fingerprint density at radius 3 is 2.76 bits per heavy atom. The van der Waals surface area contributed by atoms with E-state index in [-0.39, 0.29) is 6.61 Å². The van der Waals surface area contributed by atoms with Crippen LogP contribution in [0.4, 0.5) is 0 Å². The molecule has 0 amide bonds. The normalized spacial score (nSPS) is 14.5. The number of rotatable bonds is 4. The number of nitrogens with zero attached hydrogens (tertiary/aromatic N) is 2. The first-order chi connectivity index (χ1) is 8.12. The molecule has 90 valence electrons. The second-order valence-electron chi connectivity index (χ2n) is 4.57. The number of aliphatic hydroxyl groups is 1. The minimum atomic E-state index is -0.608. The third-order valence-electron chi connectivity index (χ3n) is 2.70. The Hall–Kier alpha value is -1.65. The zero-order valence-electron chi connectivity index (χ0n) is 9.87. The standard InChI is InChI=1S/C13H17N3O/c1-13(14,10-17)9-11-5-2-3-6-12(11)16-8-4-7-15-16/h2-8,17H,9-10,14H2,1H3. The van der Waals surface area contributed by atoms with Crippen molar-refractivity contribution in [3.8, 4) is 5.69 Å². The Morgan fingerprint density at radius 2 is 2.12 bits per heavy atom. The molecule has 0 bridgehead atoms. The molecule has 0 fully saturated rings. The second-order valence-corrected chi connectivity index (χ2v) is 4.57. The fourth-order valence-electron chi connectivity index (χ4n) is 1.79. The Bertz CT molecular complexity index is 477. The van der Waals surface area contributed by atoms with Crippen LogP contribution < -0.4 is 5.73 Å². The summed E-state index contributed by atoms with van der Waals surface area (Å²) in [5, 5.41) is 13.4. The van der Waals surface area contributed by atoms with E-state index in [1.165, 1.54) is 0 Å². The number of nitrogens with two attached hydrogens (primary N) is 1. The monoisotopic (exact) mass is 231 g/mol. The minimum Gasteiger partial charge on any atom is -0.394 e. The van der Waals surface area contributed by atoms with Crippen LogP contribution in [0.5, 0.6) is 0 Å². The Kier molecular flexibility index (Phi) is 3.26. The molecule has 3 N–H and O–H groups in total. The van der Waals surface area contributed by atoms with Crippen molar-refractivity contribution in [1.29, 1.82) is 0 Å². The number of benzene rings is 1. The van der Waals surface area contributed by atoms with Gasteiger partial charge >= 0.3 is 0 Å². The largest absolute Gasteiger partial charge is 0.394 e. The SMILES string of the molecule is CC(N)(CO)Cc1ccccc1-n1cccn1. The van der Waals surface area contributed by atoms with Gasteiger partial charge in [0, 0.05) is 17.9 Å². The summed E-state index contributed by atoms with van der Waals surface area (Å²) in [5.74, 6) is 0. The highest BCUT2D eigenvalue weighted by atomic mass is 16.3. The van der Waals surface area contributed by atoms with Crippen molar-refractivity contribution in [3.05, 3.63) is 48.3 Å². The lowest BCUT2D eigenvalue weighted by Gasteiger charge is -2.23. The number of aliphatic hydroxyl groups excluding tert-OH is 1. The molecule has 1 aromatic heterocycles. The summed E-state index contributed by atoms with van der Waals surface area (Å²) in [6, 6.07) is 9.82. The Balaban J connectivity index is 2.35. The van der Waals surface area contributed by atoms with E-state index < -0.39 is 5.54 Å². The molecule has 4 nitrogen and oxygen atoms in total. The zero-order valence-corrected chi connectivity index (χ0v) is 9.87. The van der Waals surface area contributed by atoms with Gasteiger partial charge in [0.15, 0.2) is 0 Å². The van der Waals surface area contributed by atoms with E-state index in [1.54, 1.807) is 6.20 Å². The first kappa shape index (κ1) is 11.8. The fraction of sp³-hybridized carbons (Fsp3) is 0.308. The van der Waals surface area contributed by atoms with Crippen molar-refractivity contribution >= 4 is 0 Å². The van der Waals surface area contributed by atoms with Gasteiger partial charge in [0.25, 0.3) is 0 Å². The molecular weight excluding hydrogens is 214 g/mol. The van der Waals surface area contributed by atoms with Crippen LogP contribution in [0.15, 0.2) is 42.7 Å². The predicted octanol–water partition coefficient (Wildman–Crippen LogP) is 1.12. The van der Waals surface area contributed by atoms with Crippen LogP contribution in [0.25, 0.3) is 5.69 Å². The predicted molar refractivity (Wildman–Crippen MR) is 66.9 cm³/mol. The summed E-state index contributed by atoms with van der Waals surface area (Å²) in [7, 11) is 0. The summed E-state index contributed by atoms with van der Waals surface area (Å²) in [6.45, 7) is 1.80. The maximum absolute atomic E-state index is 9.23. The Labute approximate surface area is 101 Å². The van der Waals surface area contributed by atoms with Gasteiger partial charge in [-0.2, -0.15) is 5.10 Å². The first-order valence-corrected chi connectivity index (χ1v) is 5.60. The summed E-state index contributed by atoms with van der Waals surface area (Å²) in [6.07, 6.45) is 4.25. The molecule has 1 atom stereocenters. The number of para-hydroxylation sites is 1. The molecule has 1 heterocycles. The average Bonchev–Trinajstić information content (AvgIpc) is 2.83. The molecule has 0 saturated heterocycles. The average molecular weight is 231 g/mol. The number of hydrogen-bond acceptors (Lipinski definition) is 3. The molecule has 0 aliphatic heterocycles. The fourth-order valence-corrected chi connectivity index (χ4v) is 1.79. The smallest absolute Gasteiger partial charge is 0.0678 e. The van der Waals surface area contributed by atoms with E-state index in [4.69, 9.17) is 5.73 Å². The molecule has 17 heavy (non-hydrogen) atoms. The third kappa shape index (κ3) is 2.72. The van der Waals surface area contributed by atoms with Gasteiger partial charge in [-0.15, -0.1) is 0 Å². The summed E-state index contributed by atoms with van der Waals surface area (Å²) >= 11 is 0. The van der Waals surface area contributed by atoms with E-state index in [2.05, 4.69) is 5.10 Å². The molecule has 2 aromatic rings. The number of aromatic nitrogens is 2. The van der Waals surface area contributed by atoms with Gasteiger partial charge in [-0.05, 0) is 31.0 Å². The molecule has 0 aliphatic rings. The van der Waals surface area contributed by atoms with Gasteiger partial charge in [-0.1, -0.05) is 18.2 Å². The first-order valence-electron chi connectivity index (χ1n) is 5.60. The molecule has 2 rings (SSSR count). The molecule has 0 spiro atoms. The van der Waals surface area contributed by atoms with Gasteiger partial charge in [-0.3, -0.25) is 0 Å². The minimum absolute atomic E-state index is 0.0412. The topological polar surface area (TPSA) is 64.1 Å². The maximum Gasteiger partial charge on any atom is 0.0678 e. The highest BCUT2D eigenvalue weighted by Crippen LogP contribution is 2.18. The maximum atomic E-state index is 9.23. The lowest BCUT2D eigenvalue weighted by molar-refractivity contribution is 0.208. The molecular formula is C13H17N3O. The van der Waals surface area contributed by atoms with Crippen molar-refractivity contribution in [1.82, 2.24) is 9.78 Å². The summed E-state index contributed by atoms with van der Waals surface area (Å²) < 4.78 is 1.81. The van der Waals surface area contributed by atoms with Crippen molar-refractivity contribution in [2.24, 2.45) is 5.73 Å². The lowest BCUT2D eigenvalue weighted by atomic mass is 9.94. The van der Waals surface area contributed by atoms with Crippen LogP contribution in [0.2, 0.25) is 0 Å². The van der Waals surface area contributed by atoms with E-state index in [0.29, 0.717) is 6.42 Å². The van der Waals surface area contributed by atoms with Crippen LogP contribution >= 0.6 is 0 Å². The van der Waals surface area contributed by atoms with Crippen LogP contribution in [-0.2, 0) is 6.42 Å². The molecule has 0 saturated carbocycles. The highest BCUT2D eigenvalue weighted by Gasteiger charge is 2.19.